The van der Waals surface area contributed by atoms with Crippen LogP contribution in [0.4, 0.5) is 10.5 Å². The van der Waals surface area contributed by atoms with Gasteiger partial charge in [-0.25, -0.2) is 0 Å². The molecular weight excluding hydrogens is 552 g/mol. The molecule has 0 radical (unpaired) electrons. The number of amides is 3. The second-order valence-electron chi connectivity index (χ2n) is 10.2. The van der Waals surface area contributed by atoms with Crippen molar-refractivity contribution in [3.8, 4) is 17.2 Å². The maximum atomic E-state index is 13.1. The van der Waals surface area contributed by atoms with E-state index >= 15 is 0 Å². The van der Waals surface area contributed by atoms with E-state index < -0.39 is 0 Å². The Hall–Kier alpha value is -4.24. The molecule has 1 heterocycles. The summed E-state index contributed by atoms with van der Waals surface area (Å²) < 4.78 is 17.5. The number of imide groups is 1. The van der Waals surface area contributed by atoms with Crippen molar-refractivity contribution < 1.29 is 28.6 Å². The predicted octanol–water partition coefficient (Wildman–Crippen LogP) is 6.96. The SMILES string of the molecule is CCOc1cc(/C=C2\SC(=O)N(CCOc3cc(C)ccc3C(C)C)C2=O)ccc1OCC(=O)Nc1cccc(C)c1. The standard InChI is InChI=1S/C33H36N2O6S/c1-6-39-29-18-24(11-13-27(29)41-20-31(36)34-25-9-7-8-22(4)16-25)19-30-32(37)35(33(38)42-30)14-15-40-28-17-23(5)10-12-26(28)21(2)3/h7-13,16-19,21H,6,14-15,20H2,1-5H3,(H,34,36)/b30-19-. The molecule has 0 aliphatic carbocycles. The van der Waals surface area contributed by atoms with Crippen molar-refractivity contribution in [1.29, 1.82) is 0 Å². The van der Waals surface area contributed by atoms with E-state index in [4.69, 9.17) is 14.2 Å². The lowest BCUT2D eigenvalue weighted by molar-refractivity contribution is -0.123. The van der Waals surface area contributed by atoms with Crippen molar-refractivity contribution >= 4 is 40.6 Å². The first-order valence-corrected chi connectivity index (χ1v) is 14.7. The third-order valence-electron chi connectivity index (χ3n) is 6.46. The van der Waals surface area contributed by atoms with Crippen LogP contribution in [0, 0.1) is 13.8 Å². The molecule has 0 bridgehead atoms. The van der Waals surface area contributed by atoms with Gasteiger partial charge in [-0.1, -0.05) is 44.2 Å². The Labute approximate surface area is 251 Å². The van der Waals surface area contributed by atoms with Gasteiger partial charge in [-0.3, -0.25) is 19.3 Å². The summed E-state index contributed by atoms with van der Waals surface area (Å²) in [7, 11) is 0. The molecule has 0 aromatic heterocycles. The number of thioether (sulfide) groups is 1. The second-order valence-corrected chi connectivity index (χ2v) is 11.2. The maximum absolute atomic E-state index is 13.1. The first kappa shape index (κ1) is 30.7. The van der Waals surface area contributed by atoms with Gasteiger partial charge in [0.25, 0.3) is 17.1 Å². The predicted molar refractivity (Wildman–Crippen MR) is 166 cm³/mol. The lowest BCUT2D eigenvalue weighted by atomic mass is 10.0. The van der Waals surface area contributed by atoms with Gasteiger partial charge in [-0.2, -0.15) is 0 Å². The molecule has 8 nitrogen and oxygen atoms in total. The van der Waals surface area contributed by atoms with Gasteiger partial charge in [0, 0.05) is 5.69 Å². The molecule has 0 atom stereocenters. The van der Waals surface area contributed by atoms with Crippen LogP contribution in [0.1, 0.15) is 48.9 Å². The Kier molecular flexibility index (Phi) is 10.3. The Balaban J connectivity index is 1.39. The molecule has 3 aromatic rings. The fourth-order valence-electron chi connectivity index (χ4n) is 4.40. The van der Waals surface area contributed by atoms with Crippen molar-refractivity contribution in [2.24, 2.45) is 0 Å². The monoisotopic (exact) mass is 588 g/mol. The summed E-state index contributed by atoms with van der Waals surface area (Å²) in [5.74, 6) is 1.22. The zero-order valence-electron chi connectivity index (χ0n) is 24.6. The van der Waals surface area contributed by atoms with Gasteiger partial charge in [0.2, 0.25) is 0 Å². The van der Waals surface area contributed by atoms with Gasteiger partial charge in [0.15, 0.2) is 18.1 Å². The Bertz CT molecular complexity index is 1500. The Morgan fingerprint density at radius 1 is 0.929 bits per heavy atom. The molecule has 1 saturated heterocycles. The summed E-state index contributed by atoms with van der Waals surface area (Å²) in [6.07, 6.45) is 1.65. The van der Waals surface area contributed by atoms with E-state index in [1.807, 2.05) is 63.2 Å². The minimum atomic E-state index is -0.368. The van der Waals surface area contributed by atoms with Gasteiger partial charge in [-0.15, -0.1) is 0 Å². The molecule has 42 heavy (non-hydrogen) atoms. The average Bonchev–Trinajstić information content (AvgIpc) is 3.20. The molecule has 1 aliphatic heterocycles. The van der Waals surface area contributed by atoms with Crippen molar-refractivity contribution in [2.45, 2.75) is 40.5 Å². The minimum Gasteiger partial charge on any atom is -0.491 e. The summed E-state index contributed by atoms with van der Waals surface area (Å²) in [4.78, 5) is 39.7. The second kappa shape index (κ2) is 14.1. The molecule has 3 amide bonds. The zero-order valence-corrected chi connectivity index (χ0v) is 25.4. The maximum Gasteiger partial charge on any atom is 0.293 e. The highest BCUT2D eigenvalue weighted by Crippen LogP contribution is 2.35. The Morgan fingerprint density at radius 3 is 2.45 bits per heavy atom. The summed E-state index contributed by atoms with van der Waals surface area (Å²) in [6.45, 7) is 10.5. The van der Waals surface area contributed by atoms with E-state index in [2.05, 4.69) is 19.2 Å². The molecule has 0 saturated carbocycles. The third kappa shape index (κ3) is 7.94. The quantitative estimate of drug-likeness (QED) is 0.229. The number of nitrogens with zero attached hydrogens (tertiary/aromatic N) is 1. The highest BCUT2D eigenvalue weighted by Gasteiger charge is 2.35. The molecule has 1 fully saturated rings. The van der Waals surface area contributed by atoms with Crippen molar-refractivity contribution in [3.05, 3.63) is 87.8 Å². The number of nitrogens with one attached hydrogen (secondary N) is 1. The first-order valence-electron chi connectivity index (χ1n) is 13.9. The van der Waals surface area contributed by atoms with Crippen LogP contribution in [0.5, 0.6) is 17.2 Å². The smallest absolute Gasteiger partial charge is 0.293 e. The lowest BCUT2D eigenvalue weighted by Crippen LogP contribution is -2.32. The van der Waals surface area contributed by atoms with Crippen LogP contribution in [-0.2, 0) is 9.59 Å². The number of carbonyl (C=O) groups excluding carboxylic acids is 3. The van der Waals surface area contributed by atoms with Crippen molar-refractivity contribution in [1.82, 2.24) is 4.90 Å². The van der Waals surface area contributed by atoms with Gasteiger partial charge < -0.3 is 19.5 Å². The van der Waals surface area contributed by atoms with Crippen LogP contribution >= 0.6 is 11.8 Å². The number of ether oxygens (including phenoxy) is 3. The number of aryl methyl sites for hydroxylation is 2. The van der Waals surface area contributed by atoms with E-state index in [1.165, 1.54) is 4.90 Å². The lowest BCUT2D eigenvalue weighted by Gasteiger charge is -2.17. The number of benzene rings is 3. The van der Waals surface area contributed by atoms with Crippen molar-refractivity contribution in [2.75, 3.05) is 31.7 Å². The van der Waals surface area contributed by atoms with E-state index in [0.29, 0.717) is 34.3 Å². The highest BCUT2D eigenvalue weighted by atomic mass is 32.2. The normalized spacial score (nSPS) is 14.0. The summed E-state index contributed by atoms with van der Waals surface area (Å²) in [6, 6.07) is 18.7. The molecule has 3 aromatic carbocycles. The van der Waals surface area contributed by atoms with Gasteiger partial charge in [0.05, 0.1) is 18.1 Å². The van der Waals surface area contributed by atoms with E-state index in [-0.39, 0.29) is 42.7 Å². The Morgan fingerprint density at radius 2 is 1.71 bits per heavy atom. The zero-order chi connectivity index (χ0) is 30.2. The largest absolute Gasteiger partial charge is 0.491 e. The molecular formula is C33H36N2O6S. The number of hydrogen-bond donors (Lipinski definition) is 1. The van der Waals surface area contributed by atoms with Gasteiger partial charge in [-0.05, 0) is 97.1 Å². The van der Waals surface area contributed by atoms with Gasteiger partial charge >= 0.3 is 0 Å². The van der Waals surface area contributed by atoms with Crippen LogP contribution in [0.15, 0.2) is 65.6 Å². The third-order valence-corrected chi connectivity index (χ3v) is 7.37. The van der Waals surface area contributed by atoms with Gasteiger partial charge in [0.1, 0.15) is 12.4 Å². The highest BCUT2D eigenvalue weighted by molar-refractivity contribution is 8.18. The van der Waals surface area contributed by atoms with Crippen LogP contribution in [0.2, 0.25) is 0 Å². The van der Waals surface area contributed by atoms with E-state index in [0.717, 1.165) is 34.2 Å². The topological polar surface area (TPSA) is 94.2 Å². The van der Waals surface area contributed by atoms with E-state index in [9.17, 15) is 14.4 Å². The number of rotatable bonds is 12. The molecule has 1 aliphatic rings. The van der Waals surface area contributed by atoms with Crippen LogP contribution in [0.3, 0.4) is 0 Å². The molecule has 9 heteroatoms. The average molecular weight is 589 g/mol. The number of carbonyl (C=O) groups is 3. The molecule has 1 N–H and O–H groups in total. The molecule has 0 spiro atoms. The number of anilines is 1. The summed E-state index contributed by atoms with van der Waals surface area (Å²) >= 11 is 0.891. The molecule has 4 rings (SSSR count). The first-order chi connectivity index (χ1) is 20.1. The fourth-order valence-corrected chi connectivity index (χ4v) is 5.26. The van der Waals surface area contributed by atoms with Crippen LogP contribution < -0.4 is 19.5 Å². The van der Waals surface area contributed by atoms with Crippen molar-refractivity contribution in [3.63, 3.8) is 0 Å². The summed E-state index contributed by atoms with van der Waals surface area (Å²) in [5, 5.41) is 2.47. The van der Waals surface area contributed by atoms with E-state index in [1.54, 1.807) is 24.3 Å². The molecule has 220 valence electrons. The number of hydrogen-bond acceptors (Lipinski definition) is 7. The van der Waals surface area contributed by atoms with Crippen LogP contribution in [-0.4, -0.2) is 48.3 Å². The molecule has 0 unspecified atom stereocenters. The summed E-state index contributed by atoms with van der Waals surface area (Å²) in [5.41, 5.74) is 4.56. The minimum absolute atomic E-state index is 0.148. The van der Waals surface area contributed by atoms with Crippen LogP contribution in [0.25, 0.3) is 6.08 Å². The fraction of sp³-hybridized carbons (Fsp3) is 0.303.